The molecule has 1 aliphatic heterocycles. The van der Waals surface area contributed by atoms with Gasteiger partial charge in [0.1, 0.15) is 0 Å². The number of hydrogen-bond donors (Lipinski definition) is 0. The molecule has 3 aromatic rings. The van der Waals surface area contributed by atoms with E-state index in [1.807, 2.05) is 81.4 Å². The standard InChI is InChI=1S/C27H29N3O5/c1-4-15-34-27(33)35-25-22(31)16-28-30-21(17-29(18(2)3)26(32)24(25)30)23(19-11-7-5-8-12-19)20-13-9-6-10-14-20/h5-14,16,18,21,23H,4,15,17H2,1-3H3/t21-/m1/s1. The first kappa shape index (κ1) is 24.2. The molecule has 1 aliphatic rings. The van der Waals surface area contributed by atoms with E-state index in [0.717, 1.165) is 17.3 Å². The van der Waals surface area contributed by atoms with Crippen molar-refractivity contribution in [3.05, 3.63) is 93.9 Å². The molecule has 0 fully saturated rings. The fourth-order valence-corrected chi connectivity index (χ4v) is 4.44. The zero-order chi connectivity index (χ0) is 24.9. The Labute approximate surface area is 204 Å². The molecule has 0 bridgehead atoms. The Morgan fingerprint density at radius 2 is 1.63 bits per heavy atom. The van der Waals surface area contributed by atoms with Gasteiger partial charge in [-0.15, -0.1) is 0 Å². The molecule has 35 heavy (non-hydrogen) atoms. The molecule has 4 rings (SSSR count). The minimum absolute atomic E-state index is 0.0484. The molecule has 0 radical (unpaired) electrons. The molecule has 0 aliphatic carbocycles. The van der Waals surface area contributed by atoms with Crippen molar-refractivity contribution in [3.63, 3.8) is 0 Å². The van der Waals surface area contributed by atoms with Gasteiger partial charge in [-0.1, -0.05) is 67.6 Å². The van der Waals surface area contributed by atoms with Crippen LogP contribution < -0.4 is 10.2 Å². The summed E-state index contributed by atoms with van der Waals surface area (Å²) in [6.07, 6.45) is 0.664. The van der Waals surface area contributed by atoms with Crippen LogP contribution in [0, 0.1) is 0 Å². The highest BCUT2D eigenvalue weighted by Gasteiger charge is 2.41. The summed E-state index contributed by atoms with van der Waals surface area (Å²) in [6, 6.07) is 19.4. The van der Waals surface area contributed by atoms with Gasteiger partial charge >= 0.3 is 6.16 Å². The van der Waals surface area contributed by atoms with Gasteiger partial charge in [0.05, 0.1) is 18.8 Å². The summed E-state index contributed by atoms with van der Waals surface area (Å²) in [7, 11) is 0. The summed E-state index contributed by atoms with van der Waals surface area (Å²) in [4.78, 5) is 40.3. The van der Waals surface area contributed by atoms with Crippen molar-refractivity contribution in [1.82, 2.24) is 14.7 Å². The largest absolute Gasteiger partial charge is 0.514 e. The average molecular weight is 476 g/mol. The second-order valence-corrected chi connectivity index (χ2v) is 8.75. The van der Waals surface area contributed by atoms with Crippen LogP contribution in [0.3, 0.4) is 0 Å². The second kappa shape index (κ2) is 10.5. The molecule has 0 unspecified atom stereocenters. The smallest absolute Gasteiger partial charge is 0.434 e. The van der Waals surface area contributed by atoms with Crippen molar-refractivity contribution in [3.8, 4) is 5.75 Å². The fraction of sp³-hybridized carbons (Fsp3) is 0.333. The number of ether oxygens (including phenoxy) is 2. The fourth-order valence-electron chi connectivity index (χ4n) is 4.44. The molecule has 2 aromatic carbocycles. The first-order valence-electron chi connectivity index (χ1n) is 11.8. The third-order valence-electron chi connectivity index (χ3n) is 6.06. The van der Waals surface area contributed by atoms with Crippen LogP contribution in [0.1, 0.15) is 60.8 Å². The number of fused-ring (bicyclic) bond motifs is 1. The Kier molecular flexibility index (Phi) is 7.29. The van der Waals surface area contributed by atoms with E-state index in [2.05, 4.69) is 5.10 Å². The number of carbonyl (C=O) groups excluding carboxylic acids is 2. The van der Waals surface area contributed by atoms with Crippen LogP contribution in [0.5, 0.6) is 5.75 Å². The molecule has 0 N–H and O–H groups in total. The summed E-state index contributed by atoms with van der Waals surface area (Å²) in [5.41, 5.74) is 1.38. The Morgan fingerprint density at radius 3 is 2.17 bits per heavy atom. The monoisotopic (exact) mass is 475 g/mol. The minimum atomic E-state index is -1.02. The summed E-state index contributed by atoms with van der Waals surface area (Å²) in [5.74, 6) is -0.957. The molecule has 0 saturated heterocycles. The highest BCUT2D eigenvalue weighted by Crippen LogP contribution is 2.39. The van der Waals surface area contributed by atoms with Gasteiger partial charge in [-0.05, 0) is 31.4 Å². The maximum absolute atomic E-state index is 13.6. The quantitative estimate of drug-likeness (QED) is 0.470. The molecule has 2 heterocycles. The summed E-state index contributed by atoms with van der Waals surface area (Å²) >= 11 is 0. The lowest BCUT2D eigenvalue weighted by Gasteiger charge is -2.41. The molecular weight excluding hydrogens is 446 g/mol. The van der Waals surface area contributed by atoms with E-state index in [-0.39, 0.29) is 36.1 Å². The van der Waals surface area contributed by atoms with Crippen molar-refractivity contribution >= 4 is 12.1 Å². The lowest BCUT2D eigenvalue weighted by Crippen LogP contribution is -2.50. The lowest BCUT2D eigenvalue weighted by molar-refractivity contribution is 0.0563. The normalized spacial score (nSPS) is 15.3. The van der Waals surface area contributed by atoms with Crippen LogP contribution >= 0.6 is 0 Å². The molecular formula is C27H29N3O5. The highest BCUT2D eigenvalue weighted by atomic mass is 16.7. The van der Waals surface area contributed by atoms with Crippen molar-refractivity contribution in [2.45, 2.75) is 45.2 Å². The molecule has 0 saturated carbocycles. The zero-order valence-corrected chi connectivity index (χ0v) is 20.1. The zero-order valence-electron chi connectivity index (χ0n) is 20.1. The van der Waals surface area contributed by atoms with Crippen LogP contribution in [0.4, 0.5) is 4.79 Å². The second-order valence-electron chi connectivity index (χ2n) is 8.75. The topological polar surface area (TPSA) is 90.7 Å². The van der Waals surface area contributed by atoms with E-state index < -0.39 is 17.5 Å². The molecule has 182 valence electrons. The Bertz CT molecular complexity index is 1200. The predicted molar refractivity (Wildman–Crippen MR) is 131 cm³/mol. The van der Waals surface area contributed by atoms with E-state index in [9.17, 15) is 14.4 Å². The number of nitrogens with zero attached hydrogens (tertiary/aromatic N) is 3. The summed E-state index contributed by atoms with van der Waals surface area (Å²) in [6.45, 7) is 6.18. The van der Waals surface area contributed by atoms with Gasteiger partial charge in [0, 0.05) is 18.5 Å². The van der Waals surface area contributed by atoms with E-state index >= 15 is 0 Å². The van der Waals surface area contributed by atoms with Gasteiger partial charge in [0.25, 0.3) is 5.91 Å². The first-order chi connectivity index (χ1) is 16.9. The highest BCUT2D eigenvalue weighted by molar-refractivity contribution is 5.96. The van der Waals surface area contributed by atoms with Crippen molar-refractivity contribution in [1.29, 1.82) is 0 Å². The molecule has 1 aromatic heterocycles. The van der Waals surface area contributed by atoms with E-state index in [1.54, 1.807) is 4.90 Å². The van der Waals surface area contributed by atoms with Gasteiger partial charge in [-0.3, -0.25) is 14.3 Å². The van der Waals surface area contributed by atoms with Crippen molar-refractivity contribution < 1.29 is 19.1 Å². The third kappa shape index (κ3) is 4.96. The Morgan fingerprint density at radius 1 is 1.03 bits per heavy atom. The number of hydrogen-bond acceptors (Lipinski definition) is 6. The molecule has 8 heteroatoms. The molecule has 1 amide bonds. The lowest BCUT2D eigenvalue weighted by atomic mass is 9.83. The molecule has 8 nitrogen and oxygen atoms in total. The van der Waals surface area contributed by atoms with Gasteiger partial charge in [0.2, 0.25) is 11.2 Å². The van der Waals surface area contributed by atoms with E-state index in [4.69, 9.17) is 9.47 Å². The number of amides is 1. The van der Waals surface area contributed by atoms with Crippen LogP contribution in [0.2, 0.25) is 0 Å². The van der Waals surface area contributed by atoms with Gasteiger partial charge in [0.15, 0.2) is 5.69 Å². The third-order valence-corrected chi connectivity index (χ3v) is 6.06. The predicted octanol–water partition coefficient (Wildman–Crippen LogP) is 4.41. The van der Waals surface area contributed by atoms with E-state index in [0.29, 0.717) is 13.0 Å². The summed E-state index contributed by atoms with van der Waals surface area (Å²) in [5, 5.41) is 4.37. The molecule has 0 spiro atoms. The first-order valence-corrected chi connectivity index (χ1v) is 11.8. The van der Waals surface area contributed by atoms with Crippen LogP contribution in [0.15, 0.2) is 71.7 Å². The molecule has 1 atom stereocenters. The van der Waals surface area contributed by atoms with Gasteiger partial charge in [-0.25, -0.2) is 4.79 Å². The minimum Gasteiger partial charge on any atom is -0.434 e. The number of benzene rings is 2. The van der Waals surface area contributed by atoms with Gasteiger partial charge < -0.3 is 14.4 Å². The SMILES string of the molecule is CCCOC(=O)Oc1c2n(ncc1=O)[C@@H](C(c1ccccc1)c1ccccc1)CN(C(C)C)C2=O. The average Bonchev–Trinajstić information content (AvgIpc) is 2.86. The number of aromatic nitrogens is 2. The Hall–Kier alpha value is -3.94. The van der Waals surface area contributed by atoms with Crippen LogP contribution in [0.25, 0.3) is 0 Å². The van der Waals surface area contributed by atoms with Crippen molar-refractivity contribution in [2.24, 2.45) is 0 Å². The number of rotatable bonds is 7. The Balaban J connectivity index is 1.90. The summed E-state index contributed by atoms with van der Waals surface area (Å²) < 4.78 is 11.8. The van der Waals surface area contributed by atoms with E-state index in [1.165, 1.54) is 4.68 Å². The van der Waals surface area contributed by atoms with Crippen LogP contribution in [-0.4, -0.2) is 45.9 Å². The maximum Gasteiger partial charge on any atom is 0.514 e. The number of carbonyl (C=O) groups is 2. The maximum atomic E-state index is 13.6. The van der Waals surface area contributed by atoms with Crippen molar-refractivity contribution in [2.75, 3.05) is 13.2 Å². The van der Waals surface area contributed by atoms with Gasteiger partial charge in [-0.2, -0.15) is 5.10 Å². The van der Waals surface area contributed by atoms with Crippen LogP contribution in [-0.2, 0) is 4.74 Å².